The Bertz CT molecular complexity index is 557. The molecule has 1 N–H and O–H groups in total. The third kappa shape index (κ3) is 3.19. The fraction of sp³-hybridized carbons (Fsp3) is 0.588. The number of urea groups is 1. The van der Waals surface area contributed by atoms with Crippen molar-refractivity contribution in [1.82, 2.24) is 10.2 Å². The van der Waals surface area contributed by atoms with E-state index in [-0.39, 0.29) is 11.6 Å². The molecule has 1 spiro atoms. The molecule has 1 aromatic carbocycles. The second-order valence-electron chi connectivity index (χ2n) is 7.08. The lowest BCUT2D eigenvalue weighted by molar-refractivity contribution is -0.225. The van der Waals surface area contributed by atoms with Gasteiger partial charge in [0.2, 0.25) is 5.79 Å². The van der Waals surface area contributed by atoms with E-state index in [1.54, 1.807) is 0 Å². The zero-order chi connectivity index (χ0) is 15.8. The van der Waals surface area contributed by atoms with Gasteiger partial charge in [-0.3, -0.25) is 0 Å². The van der Waals surface area contributed by atoms with Crippen molar-refractivity contribution in [3.8, 4) is 5.75 Å². The van der Waals surface area contributed by atoms with Crippen LogP contribution >= 0.6 is 0 Å². The molecule has 1 saturated heterocycles. The fourth-order valence-corrected chi connectivity index (χ4v) is 2.86. The summed E-state index contributed by atoms with van der Waals surface area (Å²) in [5.41, 5.74) is 0.865. The number of fused-ring (bicyclic) bond motifs is 1. The summed E-state index contributed by atoms with van der Waals surface area (Å²) in [6.07, 6.45) is 1.39. The third-order valence-electron chi connectivity index (χ3n) is 4.05. The molecule has 5 heteroatoms. The van der Waals surface area contributed by atoms with E-state index in [1.807, 2.05) is 49.9 Å². The van der Waals surface area contributed by atoms with Gasteiger partial charge in [-0.1, -0.05) is 18.2 Å². The van der Waals surface area contributed by atoms with Crippen molar-refractivity contribution in [3.63, 3.8) is 0 Å². The Kier molecular flexibility index (Phi) is 3.77. The van der Waals surface area contributed by atoms with Crippen LogP contribution in [0.2, 0.25) is 0 Å². The molecule has 0 atom stereocenters. The molecule has 2 heterocycles. The van der Waals surface area contributed by atoms with Gasteiger partial charge in [-0.05, 0) is 26.8 Å². The Labute approximate surface area is 131 Å². The minimum atomic E-state index is -0.577. The highest BCUT2D eigenvalue weighted by molar-refractivity contribution is 5.75. The highest BCUT2D eigenvalue weighted by Gasteiger charge is 2.42. The van der Waals surface area contributed by atoms with E-state index < -0.39 is 5.79 Å². The molecule has 22 heavy (non-hydrogen) atoms. The number of hydrogen-bond donors (Lipinski definition) is 1. The van der Waals surface area contributed by atoms with Crippen molar-refractivity contribution < 1.29 is 14.3 Å². The zero-order valence-electron chi connectivity index (χ0n) is 13.5. The van der Waals surface area contributed by atoms with Crippen molar-refractivity contribution in [2.45, 2.75) is 51.5 Å². The monoisotopic (exact) mass is 304 g/mol. The number of likely N-dealkylation sites (tertiary alicyclic amines) is 1. The maximum Gasteiger partial charge on any atom is 0.317 e. The van der Waals surface area contributed by atoms with Crippen LogP contribution in [0.5, 0.6) is 5.75 Å². The summed E-state index contributed by atoms with van der Waals surface area (Å²) < 4.78 is 12.1. The molecule has 0 unspecified atom stereocenters. The van der Waals surface area contributed by atoms with Crippen molar-refractivity contribution >= 4 is 6.03 Å². The molecular formula is C17H24N2O3. The summed E-state index contributed by atoms with van der Waals surface area (Å²) in [6, 6.07) is 7.96. The predicted octanol–water partition coefficient (Wildman–Crippen LogP) is 2.90. The molecule has 1 fully saturated rings. The van der Waals surface area contributed by atoms with Crippen LogP contribution < -0.4 is 10.1 Å². The molecule has 0 saturated carbocycles. The van der Waals surface area contributed by atoms with Crippen LogP contribution in [-0.4, -0.2) is 35.3 Å². The van der Waals surface area contributed by atoms with E-state index in [4.69, 9.17) is 9.47 Å². The average molecular weight is 304 g/mol. The quantitative estimate of drug-likeness (QED) is 0.802. The first kappa shape index (κ1) is 15.2. The van der Waals surface area contributed by atoms with Gasteiger partial charge in [0.25, 0.3) is 0 Å². The Morgan fingerprint density at radius 3 is 2.59 bits per heavy atom. The normalized spacial score (nSPS) is 20.2. The number of amides is 2. The lowest BCUT2D eigenvalue weighted by Gasteiger charge is -2.44. The standard InChI is InChI=1S/C17H24N2O3/c1-16(2,3)18-15(20)19-10-8-17(9-11-19)21-12-13-6-4-5-7-14(13)22-17/h4-7H,8-12H2,1-3H3,(H,18,20). The van der Waals surface area contributed by atoms with Crippen molar-refractivity contribution in [2.24, 2.45) is 0 Å². The van der Waals surface area contributed by atoms with Gasteiger partial charge < -0.3 is 19.7 Å². The van der Waals surface area contributed by atoms with E-state index >= 15 is 0 Å². The number of ether oxygens (including phenoxy) is 2. The lowest BCUT2D eigenvalue weighted by atomic mass is 10.0. The Morgan fingerprint density at radius 2 is 1.91 bits per heavy atom. The molecule has 0 aromatic heterocycles. The smallest absolute Gasteiger partial charge is 0.317 e. The van der Waals surface area contributed by atoms with E-state index in [2.05, 4.69) is 5.32 Å². The van der Waals surface area contributed by atoms with Crippen LogP contribution in [0.3, 0.4) is 0 Å². The second-order valence-corrected chi connectivity index (χ2v) is 7.08. The Balaban J connectivity index is 1.62. The third-order valence-corrected chi connectivity index (χ3v) is 4.05. The van der Waals surface area contributed by atoms with Gasteiger partial charge in [0, 0.05) is 37.0 Å². The first-order chi connectivity index (χ1) is 10.4. The zero-order valence-corrected chi connectivity index (χ0v) is 13.5. The Morgan fingerprint density at radius 1 is 1.23 bits per heavy atom. The van der Waals surface area contributed by atoms with Crippen LogP contribution in [-0.2, 0) is 11.3 Å². The molecule has 120 valence electrons. The summed E-state index contributed by atoms with van der Waals surface area (Å²) in [4.78, 5) is 14.1. The molecule has 3 rings (SSSR count). The fourth-order valence-electron chi connectivity index (χ4n) is 2.86. The number of benzene rings is 1. The summed E-state index contributed by atoms with van der Waals surface area (Å²) in [5, 5.41) is 3.00. The average Bonchev–Trinajstić information content (AvgIpc) is 2.46. The molecule has 1 aromatic rings. The maximum atomic E-state index is 12.2. The van der Waals surface area contributed by atoms with Gasteiger partial charge in [0.05, 0.1) is 6.61 Å². The minimum absolute atomic E-state index is 0.0152. The van der Waals surface area contributed by atoms with Crippen LogP contribution in [0.25, 0.3) is 0 Å². The number of nitrogens with zero attached hydrogens (tertiary/aromatic N) is 1. The number of carbonyl (C=O) groups excluding carboxylic acids is 1. The first-order valence-corrected chi connectivity index (χ1v) is 7.85. The molecule has 2 aliphatic heterocycles. The molecule has 2 aliphatic rings. The molecule has 0 aliphatic carbocycles. The maximum absolute atomic E-state index is 12.2. The molecule has 5 nitrogen and oxygen atoms in total. The van der Waals surface area contributed by atoms with Gasteiger partial charge in [-0.15, -0.1) is 0 Å². The highest BCUT2D eigenvalue weighted by atomic mass is 16.7. The summed E-state index contributed by atoms with van der Waals surface area (Å²) in [6.45, 7) is 7.82. The molecular weight excluding hydrogens is 280 g/mol. The molecule has 2 amide bonds. The van der Waals surface area contributed by atoms with Gasteiger partial charge in [-0.2, -0.15) is 0 Å². The molecule has 0 radical (unpaired) electrons. The Hall–Kier alpha value is -1.75. The van der Waals surface area contributed by atoms with E-state index in [1.165, 1.54) is 0 Å². The number of nitrogens with one attached hydrogen (secondary N) is 1. The topological polar surface area (TPSA) is 50.8 Å². The SMILES string of the molecule is CC(C)(C)NC(=O)N1CCC2(CC1)OCc1ccccc1O2. The van der Waals surface area contributed by atoms with Crippen molar-refractivity contribution in [3.05, 3.63) is 29.8 Å². The van der Waals surface area contributed by atoms with E-state index in [0.717, 1.165) is 11.3 Å². The summed E-state index contributed by atoms with van der Waals surface area (Å²) in [5.74, 6) is 0.327. The predicted molar refractivity (Wildman–Crippen MR) is 83.7 cm³/mol. The van der Waals surface area contributed by atoms with Crippen LogP contribution in [0.4, 0.5) is 4.79 Å². The number of carbonyl (C=O) groups is 1. The van der Waals surface area contributed by atoms with Crippen LogP contribution in [0.1, 0.15) is 39.2 Å². The van der Waals surface area contributed by atoms with Gasteiger partial charge in [-0.25, -0.2) is 4.79 Å². The second kappa shape index (κ2) is 5.47. The van der Waals surface area contributed by atoms with E-state index in [9.17, 15) is 4.79 Å². The van der Waals surface area contributed by atoms with Crippen LogP contribution in [0, 0.1) is 0 Å². The van der Waals surface area contributed by atoms with Crippen molar-refractivity contribution in [2.75, 3.05) is 13.1 Å². The first-order valence-electron chi connectivity index (χ1n) is 7.85. The number of hydrogen-bond acceptors (Lipinski definition) is 3. The number of para-hydroxylation sites is 1. The van der Waals surface area contributed by atoms with Gasteiger partial charge in [0.15, 0.2) is 0 Å². The largest absolute Gasteiger partial charge is 0.462 e. The van der Waals surface area contributed by atoms with Crippen molar-refractivity contribution in [1.29, 1.82) is 0 Å². The lowest BCUT2D eigenvalue weighted by Crippen LogP contribution is -2.56. The molecule has 0 bridgehead atoms. The summed E-state index contributed by atoms with van der Waals surface area (Å²) >= 11 is 0. The van der Waals surface area contributed by atoms with Gasteiger partial charge >= 0.3 is 6.03 Å². The minimum Gasteiger partial charge on any atom is -0.462 e. The highest BCUT2D eigenvalue weighted by Crippen LogP contribution is 2.37. The van der Waals surface area contributed by atoms with E-state index in [0.29, 0.717) is 32.5 Å². The number of rotatable bonds is 0. The van der Waals surface area contributed by atoms with Crippen LogP contribution in [0.15, 0.2) is 24.3 Å². The summed E-state index contributed by atoms with van der Waals surface area (Å²) in [7, 11) is 0. The van der Waals surface area contributed by atoms with Gasteiger partial charge in [0.1, 0.15) is 5.75 Å². The number of piperidine rings is 1.